The SMILES string of the molecule is CC(c1nnc(-c2ccccc2)o1)N1CCN(C2CCCC2)CC1. The smallest absolute Gasteiger partial charge is 0.247 e. The Morgan fingerprint density at radius 2 is 1.71 bits per heavy atom. The molecule has 1 saturated carbocycles. The third-order valence-corrected chi connectivity index (χ3v) is 5.56. The van der Waals surface area contributed by atoms with Gasteiger partial charge < -0.3 is 4.42 Å². The Bertz CT molecular complexity index is 642. The lowest BCUT2D eigenvalue weighted by Gasteiger charge is -2.39. The van der Waals surface area contributed by atoms with Gasteiger partial charge in [0.15, 0.2) is 0 Å². The van der Waals surface area contributed by atoms with Gasteiger partial charge in [-0.05, 0) is 31.9 Å². The molecule has 1 saturated heterocycles. The quantitative estimate of drug-likeness (QED) is 0.862. The number of rotatable bonds is 4. The maximum Gasteiger partial charge on any atom is 0.247 e. The van der Waals surface area contributed by atoms with E-state index in [1.165, 1.54) is 25.7 Å². The first-order chi connectivity index (χ1) is 11.8. The van der Waals surface area contributed by atoms with Gasteiger partial charge in [-0.25, -0.2) is 0 Å². The molecule has 0 radical (unpaired) electrons. The molecule has 5 heteroatoms. The molecule has 0 amide bonds. The van der Waals surface area contributed by atoms with Crippen LogP contribution in [0.5, 0.6) is 0 Å². The number of hydrogen-bond donors (Lipinski definition) is 0. The molecular weight excluding hydrogens is 300 g/mol. The first-order valence-electron chi connectivity index (χ1n) is 9.18. The highest BCUT2D eigenvalue weighted by Gasteiger charge is 2.29. The first-order valence-corrected chi connectivity index (χ1v) is 9.18. The summed E-state index contributed by atoms with van der Waals surface area (Å²) in [5, 5.41) is 8.52. The van der Waals surface area contributed by atoms with E-state index in [1.54, 1.807) is 0 Å². The highest BCUT2D eigenvalue weighted by molar-refractivity contribution is 5.51. The largest absolute Gasteiger partial charge is 0.419 e. The summed E-state index contributed by atoms with van der Waals surface area (Å²) in [5.74, 6) is 1.34. The maximum absolute atomic E-state index is 5.93. The average molecular weight is 326 g/mol. The molecular formula is C19H26N4O. The summed E-state index contributed by atoms with van der Waals surface area (Å²) < 4.78 is 5.93. The molecule has 2 aliphatic rings. The van der Waals surface area contributed by atoms with Gasteiger partial charge in [0, 0.05) is 37.8 Å². The summed E-state index contributed by atoms with van der Waals surface area (Å²) in [7, 11) is 0. The Hall–Kier alpha value is -1.72. The van der Waals surface area contributed by atoms with Crippen LogP contribution in [0.15, 0.2) is 34.7 Å². The van der Waals surface area contributed by atoms with E-state index in [0.717, 1.165) is 43.7 Å². The van der Waals surface area contributed by atoms with E-state index in [9.17, 15) is 0 Å². The lowest BCUT2D eigenvalue weighted by atomic mass is 10.1. The van der Waals surface area contributed by atoms with Crippen LogP contribution in [-0.2, 0) is 0 Å². The van der Waals surface area contributed by atoms with E-state index < -0.39 is 0 Å². The average Bonchev–Trinajstić information content (AvgIpc) is 3.34. The van der Waals surface area contributed by atoms with Crippen LogP contribution in [0.4, 0.5) is 0 Å². The molecule has 4 rings (SSSR count). The predicted molar refractivity (Wildman–Crippen MR) is 93.6 cm³/mol. The fourth-order valence-corrected chi connectivity index (χ4v) is 4.02. The van der Waals surface area contributed by atoms with Crippen molar-refractivity contribution in [3.63, 3.8) is 0 Å². The Balaban J connectivity index is 1.38. The third-order valence-electron chi connectivity index (χ3n) is 5.56. The van der Waals surface area contributed by atoms with Crippen LogP contribution in [0.1, 0.15) is 44.5 Å². The van der Waals surface area contributed by atoms with Gasteiger partial charge in [0.2, 0.25) is 11.8 Å². The molecule has 0 spiro atoms. The van der Waals surface area contributed by atoms with Crippen LogP contribution in [0, 0.1) is 0 Å². The van der Waals surface area contributed by atoms with Crippen molar-refractivity contribution in [3.8, 4) is 11.5 Å². The van der Waals surface area contributed by atoms with Crippen LogP contribution < -0.4 is 0 Å². The van der Waals surface area contributed by atoms with Crippen molar-refractivity contribution in [2.75, 3.05) is 26.2 Å². The van der Waals surface area contributed by atoms with Crippen LogP contribution in [-0.4, -0.2) is 52.2 Å². The Kier molecular flexibility index (Phi) is 4.63. The van der Waals surface area contributed by atoms with E-state index in [0.29, 0.717) is 5.89 Å². The summed E-state index contributed by atoms with van der Waals surface area (Å²) in [6.07, 6.45) is 5.59. The van der Waals surface area contributed by atoms with Gasteiger partial charge in [0.05, 0.1) is 6.04 Å². The highest BCUT2D eigenvalue weighted by Crippen LogP contribution is 2.27. The Morgan fingerprint density at radius 3 is 2.42 bits per heavy atom. The van der Waals surface area contributed by atoms with Crippen LogP contribution >= 0.6 is 0 Å². The minimum Gasteiger partial charge on any atom is -0.419 e. The highest BCUT2D eigenvalue weighted by atomic mass is 16.4. The zero-order valence-electron chi connectivity index (χ0n) is 14.4. The van der Waals surface area contributed by atoms with Gasteiger partial charge in [-0.1, -0.05) is 31.0 Å². The normalized spacial score (nSPS) is 22.0. The zero-order chi connectivity index (χ0) is 16.4. The van der Waals surface area contributed by atoms with Crippen molar-refractivity contribution in [3.05, 3.63) is 36.2 Å². The molecule has 2 heterocycles. The molecule has 1 aliphatic heterocycles. The van der Waals surface area contributed by atoms with Gasteiger partial charge in [-0.3, -0.25) is 9.80 Å². The standard InChI is InChI=1S/C19H26N4O/c1-15(18-20-21-19(24-18)16-7-3-2-4-8-16)22-11-13-23(14-12-22)17-9-5-6-10-17/h2-4,7-8,15,17H,5-6,9-14H2,1H3. The monoisotopic (exact) mass is 326 g/mol. The fraction of sp³-hybridized carbons (Fsp3) is 0.579. The van der Waals surface area contributed by atoms with Crippen molar-refractivity contribution in [1.29, 1.82) is 0 Å². The second kappa shape index (κ2) is 7.03. The molecule has 1 unspecified atom stereocenters. The van der Waals surface area contributed by atoms with Gasteiger partial charge in [0.25, 0.3) is 0 Å². The van der Waals surface area contributed by atoms with Gasteiger partial charge in [-0.15, -0.1) is 10.2 Å². The molecule has 1 aromatic heterocycles. The van der Waals surface area contributed by atoms with E-state index in [1.807, 2.05) is 30.3 Å². The second-order valence-corrected chi connectivity index (χ2v) is 7.00. The Morgan fingerprint density at radius 1 is 1.00 bits per heavy atom. The summed E-state index contributed by atoms with van der Waals surface area (Å²) >= 11 is 0. The van der Waals surface area contributed by atoms with E-state index in [-0.39, 0.29) is 6.04 Å². The lowest BCUT2D eigenvalue weighted by molar-refractivity contribution is 0.0673. The van der Waals surface area contributed by atoms with Crippen molar-refractivity contribution in [2.45, 2.75) is 44.7 Å². The number of benzene rings is 1. The molecule has 2 fully saturated rings. The topological polar surface area (TPSA) is 45.4 Å². The van der Waals surface area contributed by atoms with Gasteiger partial charge in [0.1, 0.15) is 0 Å². The van der Waals surface area contributed by atoms with Crippen molar-refractivity contribution in [1.82, 2.24) is 20.0 Å². The van der Waals surface area contributed by atoms with Crippen LogP contribution in [0.25, 0.3) is 11.5 Å². The molecule has 128 valence electrons. The minimum atomic E-state index is 0.181. The lowest BCUT2D eigenvalue weighted by Crippen LogP contribution is -2.50. The molecule has 0 N–H and O–H groups in total. The minimum absolute atomic E-state index is 0.181. The van der Waals surface area contributed by atoms with Gasteiger partial charge >= 0.3 is 0 Å². The van der Waals surface area contributed by atoms with Crippen LogP contribution in [0.3, 0.4) is 0 Å². The van der Waals surface area contributed by atoms with E-state index in [2.05, 4.69) is 26.9 Å². The molecule has 1 aliphatic carbocycles. The third kappa shape index (κ3) is 3.23. The molecule has 0 bridgehead atoms. The predicted octanol–water partition coefficient (Wildman–Crippen LogP) is 3.36. The molecule has 24 heavy (non-hydrogen) atoms. The summed E-state index contributed by atoms with van der Waals surface area (Å²) in [5.41, 5.74) is 0.981. The maximum atomic E-state index is 5.93. The van der Waals surface area contributed by atoms with Crippen molar-refractivity contribution >= 4 is 0 Å². The van der Waals surface area contributed by atoms with Gasteiger partial charge in [-0.2, -0.15) is 0 Å². The summed E-state index contributed by atoms with van der Waals surface area (Å²) in [4.78, 5) is 5.15. The second-order valence-electron chi connectivity index (χ2n) is 7.00. The molecule has 5 nitrogen and oxygen atoms in total. The molecule has 1 atom stereocenters. The number of piperazine rings is 1. The van der Waals surface area contributed by atoms with Crippen molar-refractivity contribution in [2.24, 2.45) is 0 Å². The van der Waals surface area contributed by atoms with E-state index in [4.69, 9.17) is 4.42 Å². The molecule has 1 aromatic carbocycles. The number of hydrogen-bond acceptors (Lipinski definition) is 5. The van der Waals surface area contributed by atoms with Crippen molar-refractivity contribution < 1.29 is 4.42 Å². The number of nitrogens with zero attached hydrogens (tertiary/aromatic N) is 4. The first kappa shape index (κ1) is 15.8. The summed E-state index contributed by atoms with van der Waals surface area (Å²) in [6.45, 7) is 6.67. The van der Waals surface area contributed by atoms with E-state index >= 15 is 0 Å². The molecule has 2 aromatic rings. The number of aromatic nitrogens is 2. The fourth-order valence-electron chi connectivity index (χ4n) is 4.02. The summed E-state index contributed by atoms with van der Waals surface area (Å²) in [6, 6.07) is 11.0. The van der Waals surface area contributed by atoms with Crippen LogP contribution in [0.2, 0.25) is 0 Å². The Labute approximate surface area is 143 Å². The zero-order valence-corrected chi connectivity index (χ0v) is 14.4.